The van der Waals surface area contributed by atoms with Gasteiger partial charge in [-0.1, -0.05) is 0 Å². The van der Waals surface area contributed by atoms with Gasteiger partial charge < -0.3 is 10.2 Å². The number of rotatable bonds is 2. The lowest BCUT2D eigenvalue weighted by atomic mass is 10.2. The van der Waals surface area contributed by atoms with Crippen LogP contribution in [-0.2, 0) is 18.3 Å². The van der Waals surface area contributed by atoms with Crippen LogP contribution in [0.3, 0.4) is 0 Å². The molecule has 0 radical (unpaired) electrons. The SMILES string of the molecule is Cc1nn(C)c(O)c1CC(=O)O. The number of nitrogens with zero attached hydrogens (tertiary/aromatic N) is 2. The Morgan fingerprint density at radius 1 is 1.67 bits per heavy atom. The number of aryl methyl sites for hydroxylation is 2. The average molecular weight is 170 g/mol. The first-order valence-electron chi connectivity index (χ1n) is 3.45. The summed E-state index contributed by atoms with van der Waals surface area (Å²) in [6, 6.07) is 0. The number of carbonyl (C=O) groups is 1. The third kappa shape index (κ3) is 1.39. The largest absolute Gasteiger partial charge is 0.493 e. The Kier molecular flexibility index (Phi) is 2.03. The summed E-state index contributed by atoms with van der Waals surface area (Å²) in [6.45, 7) is 1.66. The molecule has 1 heterocycles. The van der Waals surface area contributed by atoms with Gasteiger partial charge in [0.15, 0.2) is 0 Å². The summed E-state index contributed by atoms with van der Waals surface area (Å²) in [5, 5.41) is 21.6. The van der Waals surface area contributed by atoms with Gasteiger partial charge in [0.05, 0.1) is 12.1 Å². The van der Waals surface area contributed by atoms with E-state index in [0.717, 1.165) is 0 Å². The second kappa shape index (κ2) is 2.84. The molecule has 0 aliphatic carbocycles. The molecule has 0 atom stereocenters. The zero-order valence-corrected chi connectivity index (χ0v) is 6.90. The van der Waals surface area contributed by atoms with Gasteiger partial charge in [0, 0.05) is 12.6 Å². The zero-order chi connectivity index (χ0) is 9.30. The first kappa shape index (κ1) is 8.58. The minimum Gasteiger partial charge on any atom is -0.493 e. The van der Waals surface area contributed by atoms with Crippen LogP contribution in [0.15, 0.2) is 0 Å². The minimum atomic E-state index is -0.971. The van der Waals surface area contributed by atoms with E-state index < -0.39 is 5.97 Å². The zero-order valence-electron chi connectivity index (χ0n) is 6.90. The molecule has 5 nitrogen and oxygen atoms in total. The quantitative estimate of drug-likeness (QED) is 0.658. The highest BCUT2D eigenvalue weighted by atomic mass is 16.4. The summed E-state index contributed by atoms with van der Waals surface area (Å²) in [5.41, 5.74) is 0.933. The van der Waals surface area contributed by atoms with Crippen molar-refractivity contribution in [3.63, 3.8) is 0 Å². The van der Waals surface area contributed by atoms with Crippen molar-refractivity contribution in [2.75, 3.05) is 0 Å². The van der Waals surface area contributed by atoms with Gasteiger partial charge >= 0.3 is 5.97 Å². The van der Waals surface area contributed by atoms with Crippen LogP contribution < -0.4 is 0 Å². The van der Waals surface area contributed by atoms with Crippen LogP contribution in [0.2, 0.25) is 0 Å². The smallest absolute Gasteiger partial charge is 0.308 e. The van der Waals surface area contributed by atoms with Crippen molar-refractivity contribution in [2.45, 2.75) is 13.3 Å². The second-order valence-corrected chi connectivity index (χ2v) is 2.58. The van der Waals surface area contributed by atoms with E-state index in [-0.39, 0.29) is 12.3 Å². The summed E-state index contributed by atoms with van der Waals surface area (Å²) in [5.74, 6) is -1.05. The van der Waals surface area contributed by atoms with Crippen molar-refractivity contribution >= 4 is 5.97 Å². The number of aromatic nitrogens is 2. The molecule has 0 fully saturated rings. The molecule has 0 aromatic carbocycles. The molecule has 0 spiro atoms. The molecule has 1 aromatic rings. The van der Waals surface area contributed by atoms with Gasteiger partial charge in [0.1, 0.15) is 0 Å². The topological polar surface area (TPSA) is 75.3 Å². The lowest BCUT2D eigenvalue weighted by molar-refractivity contribution is -0.136. The van der Waals surface area contributed by atoms with E-state index in [0.29, 0.717) is 11.3 Å². The standard InChI is InChI=1S/C7H10N2O3/c1-4-5(3-6(10)11)7(12)9(2)8-4/h12H,3H2,1-2H3,(H,10,11). The summed E-state index contributed by atoms with van der Waals surface area (Å²) in [4.78, 5) is 10.3. The lowest BCUT2D eigenvalue weighted by Crippen LogP contribution is -2.00. The van der Waals surface area contributed by atoms with E-state index >= 15 is 0 Å². The molecule has 0 saturated carbocycles. The molecular formula is C7H10N2O3. The second-order valence-electron chi connectivity index (χ2n) is 2.58. The van der Waals surface area contributed by atoms with Crippen LogP contribution >= 0.6 is 0 Å². The first-order valence-corrected chi connectivity index (χ1v) is 3.45. The number of aromatic hydroxyl groups is 1. The summed E-state index contributed by atoms with van der Waals surface area (Å²) >= 11 is 0. The van der Waals surface area contributed by atoms with Crippen molar-refractivity contribution in [2.24, 2.45) is 7.05 Å². The van der Waals surface area contributed by atoms with E-state index in [9.17, 15) is 9.90 Å². The Bertz CT molecular complexity index is 317. The molecule has 0 aliphatic heterocycles. The molecule has 5 heteroatoms. The highest BCUT2D eigenvalue weighted by molar-refractivity contribution is 5.71. The monoisotopic (exact) mass is 170 g/mol. The van der Waals surface area contributed by atoms with Gasteiger partial charge in [-0.3, -0.25) is 4.79 Å². The van der Waals surface area contributed by atoms with Crippen LogP contribution in [0.4, 0.5) is 0 Å². The van der Waals surface area contributed by atoms with E-state index in [1.165, 1.54) is 4.68 Å². The van der Waals surface area contributed by atoms with Gasteiger partial charge in [-0.05, 0) is 6.92 Å². The molecule has 0 unspecified atom stereocenters. The fourth-order valence-corrected chi connectivity index (χ4v) is 1.05. The van der Waals surface area contributed by atoms with Crippen LogP contribution in [0, 0.1) is 6.92 Å². The van der Waals surface area contributed by atoms with Crippen molar-refractivity contribution in [1.29, 1.82) is 0 Å². The summed E-state index contributed by atoms with van der Waals surface area (Å²) in [7, 11) is 1.56. The highest BCUT2D eigenvalue weighted by Crippen LogP contribution is 2.19. The fraction of sp³-hybridized carbons (Fsp3) is 0.429. The molecule has 66 valence electrons. The van der Waals surface area contributed by atoms with Gasteiger partial charge in [-0.15, -0.1) is 0 Å². The van der Waals surface area contributed by atoms with Crippen molar-refractivity contribution in [3.8, 4) is 5.88 Å². The molecule has 1 aromatic heterocycles. The van der Waals surface area contributed by atoms with Gasteiger partial charge in [0.2, 0.25) is 5.88 Å². The number of hydrogen-bond donors (Lipinski definition) is 2. The predicted molar refractivity (Wildman–Crippen MR) is 40.9 cm³/mol. The number of carboxylic acids is 1. The van der Waals surface area contributed by atoms with Crippen molar-refractivity contribution in [1.82, 2.24) is 9.78 Å². The molecular weight excluding hydrogens is 160 g/mol. The predicted octanol–water partition coefficient (Wildman–Crippen LogP) is 0.0612. The Morgan fingerprint density at radius 3 is 2.58 bits per heavy atom. The first-order chi connectivity index (χ1) is 5.52. The number of hydrogen-bond acceptors (Lipinski definition) is 3. The number of aliphatic carboxylic acids is 1. The summed E-state index contributed by atoms with van der Waals surface area (Å²) in [6.07, 6.45) is -0.189. The van der Waals surface area contributed by atoms with Gasteiger partial charge in [0.25, 0.3) is 0 Å². The minimum absolute atomic E-state index is 0.0742. The molecule has 1 rings (SSSR count). The third-order valence-corrected chi connectivity index (χ3v) is 1.64. The third-order valence-electron chi connectivity index (χ3n) is 1.64. The van der Waals surface area contributed by atoms with Crippen LogP contribution in [0.1, 0.15) is 11.3 Å². The normalized spacial score (nSPS) is 10.2. The highest BCUT2D eigenvalue weighted by Gasteiger charge is 2.14. The van der Waals surface area contributed by atoms with Crippen LogP contribution in [0.5, 0.6) is 5.88 Å². The molecule has 0 saturated heterocycles. The summed E-state index contributed by atoms with van der Waals surface area (Å²) < 4.78 is 1.26. The Balaban J connectivity index is 3.05. The lowest BCUT2D eigenvalue weighted by Gasteiger charge is -1.94. The van der Waals surface area contributed by atoms with E-state index in [4.69, 9.17) is 5.11 Å². The van der Waals surface area contributed by atoms with Gasteiger partial charge in [-0.25, -0.2) is 4.68 Å². The molecule has 2 N–H and O–H groups in total. The Morgan fingerprint density at radius 2 is 2.25 bits per heavy atom. The molecule has 0 amide bonds. The van der Waals surface area contributed by atoms with Crippen molar-refractivity contribution in [3.05, 3.63) is 11.3 Å². The average Bonchev–Trinajstić information content (AvgIpc) is 2.16. The Hall–Kier alpha value is -1.52. The number of carboxylic acid groups (broad SMARTS) is 1. The molecule has 0 aliphatic rings. The van der Waals surface area contributed by atoms with E-state index in [1.807, 2.05) is 0 Å². The maximum atomic E-state index is 10.3. The fourth-order valence-electron chi connectivity index (χ4n) is 1.05. The van der Waals surface area contributed by atoms with Gasteiger partial charge in [-0.2, -0.15) is 5.10 Å². The van der Waals surface area contributed by atoms with E-state index in [1.54, 1.807) is 14.0 Å². The van der Waals surface area contributed by atoms with Crippen LogP contribution in [0.25, 0.3) is 0 Å². The maximum Gasteiger partial charge on any atom is 0.308 e. The van der Waals surface area contributed by atoms with E-state index in [2.05, 4.69) is 5.10 Å². The maximum absolute atomic E-state index is 10.3. The Labute approximate surface area is 69.2 Å². The van der Waals surface area contributed by atoms with Crippen LogP contribution in [-0.4, -0.2) is 26.0 Å². The molecule has 12 heavy (non-hydrogen) atoms. The van der Waals surface area contributed by atoms with Crippen molar-refractivity contribution < 1.29 is 15.0 Å². The molecule has 0 bridgehead atoms.